The number of hydrogen-bond acceptors (Lipinski definition) is 6. The topological polar surface area (TPSA) is 68.1 Å². The van der Waals surface area contributed by atoms with Gasteiger partial charge < -0.3 is 14.6 Å². The van der Waals surface area contributed by atoms with E-state index in [2.05, 4.69) is 38.4 Å². The quantitative estimate of drug-likeness (QED) is 0.337. The van der Waals surface area contributed by atoms with E-state index in [1.54, 1.807) is 19.6 Å². The Bertz CT molecular complexity index is 1270. The van der Waals surface area contributed by atoms with Crippen molar-refractivity contribution >= 4 is 5.69 Å². The average molecular weight is 557 g/mol. The molecule has 40 heavy (non-hydrogen) atoms. The molecule has 7 nitrogen and oxygen atoms in total. The first-order valence-corrected chi connectivity index (χ1v) is 14.1. The Morgan fingerprint density at radius 2 is 2.02 bits per heavy atom. The van der Waals surface area contributed by atoms with Crippen molar-refractivity contribution in [3.63, 3.8) is 0 Å². The number of nitrogens with one attached hydrogen (secondary N) is 1. The highest BCUT2D eigenvalue weighted by Gasteiger charge is 2.39. The predicted octanol–water partition coefficient (Wildman–Crippen LogP) is 5.88. The number of hydrogen-bond donors (Lipinski definition) is 1. The van der Waals surface area contributed by atoms with Gasteiger partial charge in [-0.1, -0.05) is 19.1 Å². The summed E-state index contributed by atoms with van der Waals surface area (Å²) in [4.78, 5) is 6.51. The fourth-order valence-electron chi connectivity index (χ4n) is 6.36. The molecule has 2 atom stereocenters. The van der Waals surface area contributed by atoms with Crippen LogP contribution < -0.4 is 5.32 Å². The first-order chi connectivity index (χ1) is 19.2. The molecule has 1 aliphatic heterocycles. The zero-order valence-corrected chi connectivity index (χ0v) is 23.5. The van der Waals surface area contributed by atoms with Crippen LogP contribution in [0.15, 0.2) is 42.9 Å². The smallest absolute Gasteiger partial charge is 0.384 e. The van der Waals surface area contributed by atoms with Gasteiger partial charge in [-0.15, -0.1) is 10.2 Å². The van der Waals surface area contributed by atoms with E-state index >= 15 is 0 Å². The Morgan fingerprint density at radius 1 is 1.20 bits per heavy atom. The van der Waals surface area contributed by atoms with Crippen molar-refractivity contribution < 1.29 is 17.9 Å². The highest BCUT2D eigenvalue weighted by Crippen LogP contribution is 2.46. The zero-order valence-electron chi connectivity index (χ0n) is 23.5. The minimum Gasteiger partial charge on any atom is -0.384 e. The number of nitrogens with zero attached hydrogens (tertiary/aromatic N) is 5. The Morgan fingerprint density at radius 3 is 2.73 bits per heavy atom. The first kappa shape index (κ1) is 28.5. The molecule has 3 aromatic rings. The summed E-state index contributed by atoms with van der Waals surface area (Å²) in [5, 5.41) is 11.7. The SMILES string of the molecule is COCC1CC(C(c2cccc(NCc3ncc(CN4CCC[C@H](C)C4)cc3C(F)(F)F)c2)c2nncn2C)C1. The van der Waals surface area contributed by atoms with Crippen LogP contribution in [0.5, 0.6) is 0 Å². The number of aromatic nitrogens is 4. The molecule has 0 radical (unpaired) electrons. The van der Waals surface area contributed by atoms with Crippen molar-refractivity contribution in [2.75, 3.05) is 32.1 Å². The molecule has 1 N–H and O–H groups in total. The largest absolute Gasteiger partial charge is 0.418 e. The van der Waals surface area contributed by atoms with Gasteiger partial charge in [-0.05, 0) is 79.3 Å². The van der Waals surface area contributed by atoms with Crippen molar-refractivity contribution in [1.82, 2.24) is 24.6 Å². The van der Waals surface area contributed by atoms with Crippen LogP contribution >= 0.6 is 0 Å². The monoisotopic (exact) mass is 556 g/mol. The molecule has 1 unspecified atom stereocenters. The van der Waals surface area contributed by atoms with Gasteiger partial charge in [-0.25, -0.2) is 0 Å². The van der Waals surface area contributed by atoms with E-state index in [9.17, 15) is 13.2 Å². The summed E-state index contributed by atoms with van der Waals surface area (Å²) in [6.45, 7) is 5.22. The maximum Gasteiger partial charge on any atom is 0.418 e. The van der Waals surface area contributed by atoms with Crippen molar-refractivity contribution in [3.8, 4) is 0 Å². The Balaban J connectivity index is 1.32. The molecule has 0 spiro atoms. The van der Waals surface area contributed by atoms with E-state index in [-0.39, 0.29) is 18.2 Å². The molecular weight excluding hydrogens is 517 g/mol. The minimum atomic E-state index is -4.48. The van der Waals surface area contributed by atoms with E-state index in [1.165, 1.54) is 12.5 Å². The molecule has 5 rings (SSSR count). The zero-order chi connectivity index (χ0) is 28.3. The third-order valence-electron chi connectivity index (χ3n) is 8.36. The van der Waals surface area contributed by atoms with Crippen LogP contribution in [-0.4, -0.2) is 51.5 Å². The number of piperidine rings is 1. The minimum absolute atomic E-state index is 0.0000770. The lowest BCUT2D eigenvalue weighted by atomic mass is 9.66. The number of ether oxygens (including phenoxy) is 1. The Kier molecular flexibility index (Phi) is 8.75. The molecule has 3 heterocycles. The third-order valence-corrected chi connectivity index (χ3v) is 8.36. The van der Waals surface area contributed by atoms with Crippen LogP contribution in [0.25, 0.3) is 0 Å². The number of aryl methyl sites for hydroxylation is 1. The van der Waals surface area contributed by atoms with Crippen LogP contribution in [0, 0.1) is 17.8 Å². The van der Waals surface area contributed by atoms with Crippen molar-refractivity contribution in [1.29, 1.82) is 0 Å². The highest BCUT2D eigenvalue weighted by molar-refractivity contribution is 5.48. The molecule has 2 fully saturated rings. The van der Waals surface area contributed by atoms with Crippen LogP contribution in [0.3, 0.4) is 0 Å². The molecule has 1 saturated heterocycles. The summed E-state index contributed by atoms with van der Waals surface area (Å²) in [5.41, 5.74) is 1.75. The van der Waals surface area contributed by atoms with Gasteiger partial charge in [0.25, 0.3) is 0 Å². The average Bonchev–Trinajstić information content (AvgIpc) is 3.31. The lowest BCUT2D eigenvalue weighted by Gasteiger charge is -2.40. The van der Waals surface area contributed by atoms with Gasteiger partial charge in [0.2, 0.25) is 0 Å². The molecule has 216 valence electrons. The molecule has 0 amide bonds. The normalized spacial score (nSPS) is 22.6. The van der Waals surface area contributed by atoms with Gasteiger partial charge >= 0.3 is 6.18 Å². The van der Waals surface area contributed by atoms with Crippen molar-refractivity contribution in [2.24, 2.45) is 24.8 Å². The Labute approximate surface area is 234 Å². The molecule has 0 bridgehead atoms. The molecular formula is C30H39F3N6O. The Hall–Kier alpha value is -2.98. The van der Waals surface area contributed by atoms with Crippen molar-refractivity contribution in [2.45, 2.75) is 57.8 Å². The number of methoxy groups -OCH3 is 1. The van der Waals surface area contributed by atoms with Crippen LogP contribution in [0.1, 0.15) is 66.7 Å². The van der Waals surface area contributed by atoms with E-state index in [4.69, 9.17) is 4.74 Å². The van der Waals surface area contributed by atoms with Crippen LogP contribution in [-0.2, 0) is 31.1 Å². The number of anilines is 1. The second kappa shape index (κ2) is 12.3. The summed E-state index contributed by atoms with van der Waals surface area (Å²) in [6, 6.07) is 9.17. The lowest BCUT2D eigenvalue weighted by molar-refractivity contribution is -0.138. The fourth-order valence-corrected chi connectivity index (χ4v) is 6.36. The van der Waals surface area contributed by atoms with Gasteiger partial charge in [-0.3, -0.25) is 9.88 Å². The molecule has 1 aromatic carbocycles. The molecule has 1 aliphatic carbocycles. The summed E-state index contributed by atoms with van der Waals surface area (Å²) in [7, 11) is 3.67. The van der Waals surface area contributed by atoms with Gasteiger partial charge in [0.15, 0.2) is 0 Å². The molecule has 10 heteroatoms. The number of pyridine rings is 1. The maximum absolute atomic E-state index is 14.1. The van der Waals surface area contributed by atoms with E-state index in [1.807, 2.05) is 29.8 Å². The molecule has 2 aromatic heterocycles. The first-order valence-electron chi connectivity index (χ1n) is 14.1. The standard InChI is InChI=1S/C30H39F3N6O/c1-20-6-5-9-39(16-20)17-22-12-26(30(31,32)33)27(35-14-22)15-34-25-8-4-7-23(13-25)28(29-37-36-19-38(29)2)24-10-21(11-24)18-40-3/h4,7-8,12-14,19-21,24,28,34H,5-6,9-11,15-18H2,1-3H3/t20-,21?,24?,28?/m0/s1. The predicted molar refractivity (Wildman–Crippen MR) is 148 cm³/mol. The van der Waals surface area contributed by atoms with Gasteiger partial charge in [0.1, 0.15) is 12.2 Å². The second-order valence-corrected chi connectivity index (χ2v) is 11.6. The van der Waals surface area contributed by atoms with Crippen molar-refractivity contribution in [3.05, 3.63) is 71.1 Å². The van der Waals surface area contributed by atoms with Crippen LogP contribution in [0.4, 0.5) is 18.9 Å². The van der Waals surface area contributed by atoms with Gasteiger partial charge in [0, 0.05) is 51.7 Å². The number of benzene rings is 1. The number of alkyl halides is 3. The van der Waals surface area contributed by atoms with E-state index < -0.39 is 11.7 Å². The van der Waals surface area contributed by atoms with E-state index in [0.717, 1.165) is 56.0 Å². The lowest BCUT2D eigenvalue weighted by Crippen LogP contribution is -2.33. The third kappa shape index (κ3) is 6.66. The maximum atomic E-state index is 14.1. The number of likely N-dealkylation sites (tertiary alicyclic amines) is 1. The molecule has 1 saturated carbocycles. The molecule has 2 aliphatic rings. The number of rotatable bonds is 10. The number of halogens is 3. The van der Waals surface area contributed by atoms with Crippen LogP contribution in [0.2, 0.25) is 0 Å². The summed E-state index contributed by atoms with van der Waals surface area (Å²) >= 11 is 0. The fraction of sp³-hybridized carbons (Fsp3) is 0.567. The summed E-state index contributed by atoms with van der Waals surface area (Å²) < 4.78 is 49.5. The summed E-state index contributed by atoms with van der Waals surface area (Å²) in [6.07, 6.45) is 3.14. The van der Waals surface area contributed by atoms with E-state index in [0.29, 0.717) is 29.9 Å². The summed E-state index contributed by atoms with van der Waals surface area (Å²) in [5.74, 6) is 2.42. The second-order valence-electron chi connectivity index (χ2n) is 11.6. The highest BCUT2D eigenvalue weighted by atomic mass is 19.4. The van der Waals surface area contributed by atoms with Gasteiger partial charge in [-0.2, -0.15) is 13.2 Å². The van der Waals surface area contributed by atoms with Gasteiger partial charge in [0.05, 0.1) is 17.8 Å².